The van der Waals surface area contributed by atoms with Crippen molar-refractivity contribution < 1.29 is 9.13 Å². The summed E-state index contributed by atoms with van der Waals surface area (Å²) in [5.74, 6) is 0.798. The highest BCUT2D eigenvalue weighted by Crippen LogP contribution is 2.21. The molecule has 1 rings (SSSR count). The lowest BCUT2D eigenvalue weighted by Gasteiger charge is -2.09. The van der Waals surface area contributed by atoms with E-state index in [4.69, 9.17) is 16.3 Å². The van der Waals surface area contributed by atoms with E-state index in [0.717, 1.165) is 23.3 Å². The van der Waals surface area contributed by atoms with Gasteiger partial charge < -0.3 is 4.74 Å². The molecule has 0 unspecified atom stereocenters. The van der Waals surface area contributed by atoms with E-state index in [2.05, 4.69) is 6.92 Å². The molecule has 0 amide bonds. The molecule has 0 fully saturated rings. The van der Waals surface area contributed by atoms with Crippen molar-refractivity contribution in [2.75, 3.05) is 6.61 Å². The van der Waals surface area contributed by atoms with E-state index in [-0.39, 0.29) is 6.61 Å². The maximum Gasteiger partial charge on any atom is 0.188 e. The summed E-state index contributed by atoms with van der Waals surface area (Å²) in [6, 6.07) is 5.99. The number of aryl methyl sites for hydroxylation is 2. The van der Waals surface area contributed by atoms with E-state index >= 15 is 0 Å². The third kappa shape index (κ3) is 3.92. The van der Waals surface area contributed by atoms with Crippen LogP contribution in [0.2, 0.25) is 0 Å². The summed E-state index contributed by atoms with van der Waals surface area (Å²) >= 11 is 5.06. The molecular weight excluding hydrogens is 215 g/mol. The molecule has 0 saturated carbocycles. The monoisotopic (exact) mass is 228 g/mol. The van der Waals surface area contributed by atoms with Gasteiger partial charge in [-0.1, -0.05) is 30.7 Å². The molecule has 0 spiro atoms. The second kappa shape index (κ2) is 5.76. The van der Waals surface area contributed by atoms with Gasteiger partial charge in [-0.15, -0.1) is 0 Å². The lowest BCUT2D eigenvalue weighted by atomic mass is 10.1. The zero-order chi connectivity index (χ0) is 11.3. The maximum atomic E-state index is 12.2. The lowest BCUT2D eigenvalue weighted by Crippen LogP contribution is -1.97. The Morgan fingerprint density at radius 2 is 2.27 bits per heavy atom. The molecule has 1 aromatic rings. The third-order valence-electron chi connectivity index (χ3n) is 2.08. The van der Waals surface area contributed by atoms with Gasteiger partial charge in [-0.25, -0.2) is 0 Å². The Morgan fingerprint density at radius 1 is 1.53 bits per heavy atom. The quantitative estimate of drug-likeness (QED) is 0.757. The number of rotatable bonds is 4. The van der Waals surface area contributed by atoms with Crippen LogP contribution < -0.4 is 4.74 Å². The van der Waals surface area contributed by atoms with Crippen LogP contribution in [-0.2, 0) is 6.42 Å². The van der Waals surface area contributed by atoms with Gasteiger partial charge in [0.15, 0.2) is 5.29 Å². The van der Waals surface area contributed by atoms with Crippen LogP contribution in [0.4, 0.5) is 4.39 Å². The minimum absolute atomic E-state index is 0.159. The van der Waals surface area contributed by atoms with Crippen molar-refractivity contribution in [3.63, 3.8) is 0 Å². The molecule has 1 nitrogen and oxygen atoms in total. The molecule has 0 heterocycles. The van der Waals surface area contributed by atoms with Gasteiger partial charge in [0.2, 0.25) is 0 Å². The molecule has 0 aliphatic carbocycles. The summed E-state index contributed by atoms with van der Waals surface area (Å²) in [6.45, 7) is 4.20. The maximum absolute atomic E-state index is 12.2. The number of benzene rings is 1. The van der Waals surface area contributed by atoms with Gasteiger partial charge in [-0.3, -0.25) is 0 Å². The standard InChI is InChI=1S/C12H14ClFO/c1-3-10-5-4-9(2)8-11(10)15-7-6-12(13)14/h4-6,8H,3,7H2,1-2H3. The van der Waals surface area contributed by atoms with Crippen LogP contribution in [0.3, 0.4) is 0 Å². The smallest absolute Gasteiger partial charge is 0.188 e. The molecule has 0 aliphatic heterocycles. The molecule has 0 atom stereocenters. The van der Waals surface area contributed by atoms with Gasteiger partial charge in [0.25, 0.3) is 0 Å². The van der Waals surface area contributed by atoms with Gasteiger partial charge >= 0.3 is 0 Å². The fraction of sp³-hybridized carbons (Fsp3) is 0.333. The van der Waals surface area contributed by atoms with E-state index in [0.29, 0.717) is 0 Å². The zero-order valence-corrected chi connectivity index (χ0v) is 9.64. The Morgan fingerprint density at radius 3 is 2.87 bits per heavy atom. The topological polar surface area (TPSA) is 9.23 Å². The van der Waals surface area contributed by atoms with Gasteiger partial charge in [0, 0.05) is 6.08 Å². The molecule has 0 N–H and O–H groups in total. The molecular formula is C12H14ClFO. The van der Waals surface area contributed by atoms with Crippen molar-refractivity contribution >= 4 is 11.6 Å². The average Bonchev–Trinajstić information content (AvgIpc) is 2.17. The first-order valence-electron chi connectivity index (χ1n) is 4.87. The largest absolute Gasteiger partial charge is 0.489 e. The Balaban J connectivity index is 2.74. The van der Waals surface area contributed by atoms with Crippen LogP contribution in [0, 0.1) is 6.92 Å². The first kappa shape index (κ1) is 12.1. The predicted molar refractivity (Wildman–Crippen MR) is 61.1 cm³/mol. The van der Waals surface area contributed by atoms with Crippen LogP contribution in [0.15, 0.2) is 29.6 Å². The first-order valence-corrected chi connectivity index (χ1v) is 5.24. The zero-order valence-electron chi connectivity index (χ0n) is 8.89. The number of hydrogen-bond donors (Lipinski definition) is 0. The van der Waals surface area contributed by atoms with Gasteiger partial charge in [0.05, 0.1) is 0 Å². The lowest BCUT2D eigenvalue weighted by molar-refractivity contribution is 0.356. The Labute approximate surface area is 94.5 Å². The average molecular weight is 229 g/mol. The van der Waals surface area contributed by atoms with Crippen LogP contribution in [0.1, 0.15) is 18.1 Å². The number of ether oxygens (including phenoxy) is 1. The summed E-state index contributed by atoms with van der Waals surface area (Å²) < 4.78 is 17.6. The highest BCUT2D eigenvalue weighted by molar-refractivity contribution is 6.28. The van der Waals surface area contributed by atoms with Crippen LogP contribution >= 0.6 is 11.6 Å². The van der Waals surface area contributed by atoms with Crippen LogP contribution in [0.25, 0.3) is 0 Å². The summed E-state index contributed by atoms with van der Waals surface area (Å²) in [7, 11) is 0. The van der Waals surface area contributed by atoms with E-state index in [1.807, 2.05) is 25.1 Å². The molecule has 1 aromatic carbocycles. The van der Waals surface area contributed by atoms with Crippen LogP contribution in [-0.4, -0.2) is 6.61 Å². The molecule has 15 heavy (non-hydrogen) atoms. The Bertz CT molecular complexity index is 357. The fourth-order valence-electron chi connectivity index (χ4n) is 1.28. The van der Waals surface area contributed by atoms with E-state index < -0.39 is 5.29 Å². The van der Waals surface area contributed by atoms with Gasteiger partial charge in [-0.2, -0.15) is 4.39 Å². The van der Waals surface area contributed by atoms with Crippen molar-refractivity contribution in [2.45, 2.75) is 20.3 Å². The highest BCUT2D eigenvalue weighted by Gasteiger charge is 2.01. The second-order valence-electron chi connectivity index (χ2n) is 3.27. The Hall–Kier alpha value is -1.02. The summed E-state index contributed by atoms with van der Waals surface area (Å²) in [5, 5.41) is -0.735. The molecule has 0 aromatic heterocycles. The minimum atomic E-state index is -0.735. The second-order valence-corrected chi connectivity index (χ2v) is 3.63. The number of hydrogen-bond acceptors (Lipinski definition) is 1. The Kier molecular flexibility index (Phi) is 4.63. The van der Waals surface area contributed by atoms with Crippen LogP contribution in [0.5, 0.6) is 5.75 Å². The third-order valence-corrected chi connectivity index (χ3v) is 2.23. The molecule has 0 bridgehead atoms. The minimum Gasteiger partial charge on any atom is -0.489 e. The SMILES string of the molecule is CCc1ccc(C)cc1OCC=C(F)Cl. The summed E-state index contributed by atoms with van der Waals surface area (Å²) in [6.07, 6.45) is 2.09. The highest BCUT2D eigenvalue weighted by atomic mass is 35.5. The molecule has 82 valence electrons. The fourth-order valence-corrected chi connectivity index (χ4v) is 1.35. The van der Waals surface area contributed by atoms with E-state index in [9.17, 15) is 4.39 Å². The van der Waals surface area contributed by atoms with E-state index in [1.165, 1.54) is 6.08 Å². The summed E-state index contributed by atoms with van der Waals surface area (Å²) in [4.78, 5) is 0. The molecule has 3 heteroatoms. The first-order chi connectivity index (χ1) is 7.13. The van der Waals surface area contributed by atoms with E-state index in [1.54, 1.807) is 0 Å². The normalized spacial score (nSPS) is 11.6. The molecule has 0 saturated heterocycles. The summed E-state index contributed by atoms with van der Waals surface area (Å²) in [5.41, 5.74) is 2.24. The van der Waals surface area contributed by atoms with Crippen molar-refractivity contribution in [2.24, 2.45) is 0 Å². The van der Waals surface area contributed by atoms with Gasteiger partial charge in [0.1, 0.15) is 12.4 Å². The van der Waals surface area contributed by atoms with Crippen molar-refractivity contribution in [1.29, 1.82) is 0 Å². The number of halogens is 2. The predicted octanol–water partition coefficient (Wildman–Crippen LogP) is 3.99. The van der Waals surface area contributed by atoms with Crippen molar-refractivity contribution in [3.8, 4) is 5.75 Å². The molecule has 0 radical (unpaired) electrons. The van der Waals surface area contributed by atoms with Crippen molar-refractivity contribution in [1.82, 2.24) is 0 Å². The van der Waals surface area contributed by atoms with Crippen molar-refractivity contribution in [3.05, 3.63) is 40.7 Å². The molecule has 0 aliphatic rings. The van der Waals surface area contributed by atoms with Gasteiger partial charge in [-0.05, 0) is 30.5 Å².